The molecule has 0 aliphatic carbocycles. The van der Waals surface area contributed by atoms with Gasteiger partial charge >= 0.3 is 0 Å². The summed E-state index contributed by atoms with van der Waals surface area (Å²) in [6, 6.07) is 15.6. The molecule has 1 amide bonds. The molecule has 1 atom stereocenters. The molecule has 0 radical (unpaired) electrons. The standard InChI is InChI=1S/C23H29N3O4S/c27-22(17-25-9-8-18-4-1-2-5-20(18)16-25)15-24-23(28)19-6-3-7-21(14-19)26-10-12-31(29,30)13-11-26/h1-7,14,22,27H,8-13,15-17H2,(H,24,28). The third kappa shape index (κ3) is 5.64. The molecule has 1 fully saturated rings. The third-order valence-electron chi connectivity index (χ3n) is 5.99. The number of carbonyl (C=O) groups is 1. The van der Waals surface area contributed by atoms with Gasteiger partial charge in [0.2, 0.25) is 0 Å². The molecular formula is C23H29N3O4S. The van der Waals surface area contributed by atoms with Crippen LogP contribution >= 0.6 is 0 Å². The summed E-state index contributed by atoms with van der Waals surface area (Å²) in [7, 11) is -2.95. The number of aliphatic hydroxyl groups is 1. The monoisotopic (exact) mass is 443 g/mol. The number of aliphatic hydroxyl groups excluding tert-OH is 1. The fourth-order valence-corrected chi connectivity index (χ4v) is 5.40. The number of anilines is 1. The Hall–Kier alpha value is -2.42. The SMILES string of the molecule is O=C(NCC(O)CN1CCc2ccccc2C1)c1cccc(N2CCS(=O)(=O)CC2)c1. The van der Waals surface area contributed by atoms with Gasteiger partial charge in [-0.05, 0) is 35.7 Å². The first-order valence-corrected chi connectivity index (χ1v) is 12.5. The molecule has 1 saturated heterocycles. The zero-order valence-electron chi connectivity index (χ0n) is 17.5. The van der Waals surface area contributed by atoms with Crippen molar-refractivity contribution in [2.24, 2.45) is 0 Å². The van der Waals surface area contributed by atoms with Crippen molar-refractivity contribution in [3.05, 3.63) is 65.2 Å². The average molecular weight is 444 g/mol. The van der Waals surface area contributed by atoms with Crippen LogP contribution in [-0.4, -0.2) is 74.7 Å². The summed E-state index contributed by atoms with van der Waals surface area (Å²) in [6.45, 7) is 3.28. The van der Waals surface area contributed by atoms with Gasteiger partial charge in [0.05, 0.1) is 17.6 Å². The minimum atomic E-state index is -2.95. The molecule has 0 spiro atoms. The summed E-state index contributed by atoms with van der Waals surface area (Å²) >= 11 is 0. The van der Waals surface area contributed by atoms with Gasteiger partial charge in [-0.15, -0.1) is 0 Å². The molecule has 166 valence electrons. The Morgan fingerprint density at radius 3 is 2.55 bits per heavy atom. The van der Waals surface area contributed by atoms with Crippen LogP contribution < -0.4 is 10.2 Å². The van der Waals surface area contributed by atoms with E-state index in [1.54, 1.807) is 18.2 Å². The van der Waals surface area contributed by atoms with Crippen LogP contribution in [0.1, 0.15) is 21.5 Å². The highest BCUT2D eigenvalue weighted by atomic mass is 32.2. The van der Waals surface area contributed by atoms with E-state index < -0.39 is 15.9 Å². The molecule has 8 heteroatoms. The maximum Gasteiger partial charge on any atom is 0.251 e. The van der Waals surface area contributed by atoms with Crippen molar-refractivity contribution in [1.82, 2.24) is 10.2 Å². The van der Waals surface area contributed by atoms with Crippen molar-refractivity contribution in [2.75, 3.05) is 49.1 Å². The van der Waals surface area contributed by atoms with Crippen molar-refractivity contribution < 1.29 is 18.3 Å². The van der Waals surface area contributed by atoms with Crippen LogP contribution in [0.4, 0.5) is 5.69 Å². The quantitative estimate of drug-likeness (QED) is 0.694. The van der Waals surface area contributed by atoms with Gasteiger partial charge in [-0.3, -0.25) is 9.69 Å². The second kappa shape index (κ2) is 9.38. The number of hydrogen-bond donors (Lipinski definition) is 2. The largest absolute Gasteiger partial charge is 0.390 e. The number of rotatable bonds is 6. The first-order valence-electron chi connectivity index (χ1n) is 10.7. The highest BCUT2D eigenvalue weighted by Gasteiger charge is 2.23. The van der Waals surface area contributed by atoms with Gasteiger partial charge in [-0.2, -0.15) is 0 Å². The number of nitrogens with one attached hydrogen (secondary N) is 1. The van der Waals surface area contributed by atoms with Crippen LogP contribution in [-0.2, 0) is 22.8 Å². The lowest BCUT2D eigenvalue weighted by Crippen LogP contribution is -2.42. The van der Waals surface area contributed by atoms with Gasteiger partial charge in [-0.1, -0.05) is 30.3 Å². The molecule has 31 heavy (non-hydrogen) atoms. The zero-order valence-corrected chi connectivity index (χ0v) is 18.4. The van der Waals surface area contributed by atoms with Gasteiger partial charge in [0.1, 0.15) is 0 Å². The number of fused-ring (bicyclic) bond motifs is 1. The predicted molar refractivity (Wildman–Crippen MR) is 121 cm³/mol. The molecule has 0 saturated carbocycles. The van der Waals surface area contributed by atoms with E-state index in [9.17, 15) is 18.3 Å². The van der Waals surface area contributed by atoms with Crippen molar-refractivity contribution in [2.45, 2.75) is 19.1 Å². The highest BCUT2D eigenvalue weighted by Crippen LogP contribution is 2.20. The van der Waals surface area contributed by atoms with Crippen LogP contribution in [0.5, 0.6) is 0 Å². The number of benzene rings is 2. The second-order valence-corrected chi connectivity index (χ2v) is 10.6. The molecule has 2 aliphatic heterocycles. The third-order valence-corrected chi connectivity index (χ3v) is 7.60. The number of nitrogens with zero attached hydrogens (tertiary/aromatic N) is 2. The Morgan fingerprint density at radius 1 is 1.03 bits per heavy atom. The van der Waals surface area contributed by atoms with Gasteiger partial charge in [-0.25, -0.2) is 8.42 Å². The molecule has 0 aromatic heterocycles. The van der Waals surface area contributed by atoms with Gasteiger partial charge < -0.3 is 15.3 Å². The van der Waals surface area contributed by atoms with Crippen LogP contribution in [0.2, 0.25) is 0 Å². The van der Waals surface area contributed by atoms with Crippen molar-refractivity contribution in [3.8, 4) is 0 Å². The lowest BCUT2D eigenvalue weighted by atomic mass is 10.00. The Morgan fingerprint density at radius 2 is 1.77 bits per heavy atom. The number of β-amino-alcohol motifs (C(OH)–C–C–N with tert-alkyl or cyclic N) is 1. The highest BCUT2D eigenvalue weighted by molar-refractivity contribution is 7.91. The van der Waals surface area contributed by atoms with Crippen molar-refractivity contribution in [1.29, 1.82) is 0 Å². The predicted octanol–water partition coefficient (Wildman–Crippen LogP) is 1.07. The summed E-state index contributed by atoms with van der Waals surface area (Å²) < 4.78 is 23.3. The molecule has 2 aliphatic rings. The lowest BCUT2D eigenvalue weighted by Gasteiger charge is -2.30. The maximum absolute atomic E-state index is 12.6. The van der Waals surface area contributed by atoms with Crippen LogP contribution in [0.3, 0.4) is 0 Å². The normalized spacial score (nSPS) is 19.5. The van der Waals surface area contributed by atoms with E-state index in [4.69, 9.17) is 0 Å². The topological polar surface area (TPSA) is 89.9 Å². The van der Waals surface area contributed by atoms with Crippen LogP contribution in [0, 0.1) is 0 Å². The minimum absolute atomic E-state index is 0.136. The second-order valence-electron chi connectivity index (χ2n) is 8.31. The van der Waals surface area contributed by atoms with E-state index >= 15 is 0 Å². The summed E-state index contributed by atoms with van der Waals surface area (Å²) in [5.41, 5.74) is 4.01. The fraction of sp³-hybridized carbons (Fsp3) is 0.435. The van der Waals surface area contributed by atoms with Gasteiger partial charge in [0.25, 0.3) is 5.91 Å². The van der Waals surface area contributed by atoms with Crippen LogP contribution in [0.25, 0.3) is 0 Å². The molecule has 2 N–H and O–H groups in total. The smallest absolute Gasteiger partial charge is 0.251 e. The molecular weight excluding hydrogens is 414 g/mol. The minimum Gasteiger partial charge on any atom is -0.390 e. The summed E-state index contributed by atoms with van der Waals surface area (Å²) in [5, 5.41) is 13.3. The first kappa shape index (κ1) is 21.8. The lowest BCUT2D eigenvalue weighted by molar-refractivity contribution is 0.0842. The number of sulfone groups is 1. The molecule has 7 nitrogen and oxygen atoms in total. The van der Waals surface area contributed by atoms with E-state index in [0.29, 0.717) is 25.2 Å². The summed E-state index contributed by atoms with van der Waals surface area (Å²) in [5.74, 6) is 0.0298. The van der Waals surface area contributed by atoms with E-state index in [0.717, 1.165) is 25.2 Å². The molecule has 2 aromatic carbocycles. The van der Waals surface area contributed by atoms with E-state index in [-0.39, 0.29) is 24.0 Å². The zero-order chi connectivity index (χ0) is 21.8. The Balaban J connectivity index is 1.28. The Labute approximate surface area is 183 Å². The molecule has 2 heterocycles. The van der Waals surface area contributed by atoms with Gasteiger partial charge in [0.15, 0.2) is 9.84 Å². The summed E-state index contributed by atoms with van der Waals surface area (Å²) in [4.78, 5) is 16.8. The molecule has 1 unspecified atom stereocenters. The van der Waals surface area contributed by atoms with Crippen LogP contribution in [0.15, 0.2) is 48.5 Å². The Kier molecular flexibility index (Phi) is 6.60. The average Bonchev–Trinajstić information content (AvgIpc) is 2.77. The van der Waals surface area contributed by atoms with Gasteiger partial charge in [0, 0.05) is 50.5 Å². The number of amides is 1. The summed E-state index contributed by atoms with van der Waals surface area (Å²) in [6.07, 6.45) is 0.324. The molecule has 4 rings (SSSR count). The fourth-order valence-electron chi connectivity index (χ4n) is 4.20. The molecule has 2 aromatic rings. The number of carbonyl (C=O) groups excluding carboxylic acids is 1. The number of hydrogen-bond acceptors (Lipinski definition) is 6. The Bertz CT molecular complexity index is 1030. The van der Waals surface area contributed by atoms with E-state index in [1.807, 2.05) is 17.0 Å². The van der Waals surface area contributed by atoms with E-state index in [2.05, 4.69) is 28.4 Å². The molecule has 0 bridgehead atoms. The first-order chi connectivity index (χ1) is 14.9. The van der Waals surface area contributed by atoms with Crippen molar-refractivity contribution >= 4 is 21.4 Å². The van der Waals surface area contributed by atoms with E-state index in [1.165, 1.54) is 11.1 Å². The maximum atomic E-state index is 12.6. The van der Waals surface area contributed by atoms with Crippen molar-refractivity contribution in [3.63, 3.8) is 0 Å².